The molecule has 2 aliphatic rings. The van der Waals surface area contributed by atoms with Gasteiger partial charge in [-0.25, -0.2) is 4.98 Å². The van der Waals surface area contributed by atoms with Crippen LogP contribution in [-0.2, 0) is 20.7 Å². The van der Waals surface area contributed by atoms with Crippen LogP contribution in [0.5, 0.6) is 0 Å². The zero-order valence-corrected chi connectivity index (χ0v) is 21.6. The van der Waals surface area contributed by atoms with Crippen LogP contribution in [0.15, 0.2) is 18.5 Å². The van der Waals surface area contributed by atoms with Gasteiger partial charge in [0, 0.05) is 49.9 Å². The molecule has 8 nitrogen and oxygen atoms in total. The molecule has 4 heterocycles. The van der Waals surface area contributed by atoms with Crippen LogP contribution in [-0.4, -0.2) is 89.0 Å². The molecule has 2 aromatic heterocycles. The molecule has 2 aromatic rings. The summed E-state index contributed by atoms with van der Waals surface area (Å²) in [5.41, 5.74) is 1.72. The molecule has 2 fully saturated rings. The second kappa shape index (κ2) is 12.3. The predicted molar refractivity (Wildman–Crippen MR) is 138 cm³/mol. The maximum absolute atomic E-state index is 13.4. The average molecular weight is 504 g/mol. The quantitative estimate of drug-likeness (QED) is 0.432. The van der Waals surface area contributed by atoms with Gasteiger partial charge in [-0.3, -0.25) is 14.5 Å². The first-order valence-electron chi connectivity index (χ1n) is 12.9. The summed E-state index contributed by atoms with van der Waals surface area (Å²) in [4.78, 5) is 38.0. The average Bonchev–Trinajstić information content (AvgIpc) is 3.19. The van der Waals surface area contributed by atoms with E-state index in [2.05, 4.69) is 34.0 Å². The van der Waals surface area contributed by atoms with Gasteiger partial charge in [0.2, 0.25) is 5.91 Å². The zero-order valence-electron chi connectivity index (χ0n) is 20.9. The highest BCUT2D eigenvalue weighted by Gasteiger charge is 2.39. The van der Waals surface area contributed by atoms with Gasteiger partial charge in [-0.15, -0.1) is 0 Å². The topological polar surface area (TPSA) is 90.6 Å². The van der Waals surface area contributed by atoms with Crippen molar-refractivity contribution < 1.29 is 14.3 Å². The molecule has 9 heteroatoms. The number of Topliss-reactive ketones (excluding diaryl/α,β-unsaturated/α-hetero) is 1. The third-order valence-electron chi connectivity index (χ3n) is 7.03. The number of carbonyl (C=O) groups excluding carboxylic acids is 2. The minimum Gasteiger partial charge on any atom is -0.379 e. The SMILES string of the molecule is CC(C)N[C@H](CCCCN1CCOCC1)C(=O)N1CC[C@H]1C(=O)CCc1cnc2[nH]cc(Cl)c2c1. The number of aromatic amines is 1. The van der Waals surface area contributed by atoms with E-state index < -0.39 is 0 Å². The number of unbranched alkanes of at least 4 members (excludes halogenated alkanes) is 1. The number of rotatable bonds is 12. The number of aryl methyl sites for hydroxylation is 1. The molecular weight excluding hydrogens is 466 g/mol. The van der Waals surface area contributed by atoms with Crippen molar-refractivity contribution in [1.29, 1.82) is 0 Å². The van der Waals surface area contributed by atoms with Crippen LogP contribution in [0.25, 0.3) is 11.0 Å². The fourth-order valence-electron chi connectivity index (χ4n) is 4.96. The molecule has 1 amide bonds. The molecule has 0 unspecified atom stereocenters. The Hall–Kier alpha value is -2.00. The molecule has 0 aliphatic carbocycles. The summed E-state index contributed by atoms with van der Waals surface area (Å²) < 4.78 is 5.42. The number of aromatic nitrogens is 2. The second-order valence-corrected chi connectivity index (χ2v) is 10.4. The summed E-state index contributed by atoms with van der Waals surface area (Å²) in [6.45, 7) is 9.44. The van der Waals surface area contributed by atoms with Gasteiger partial charge in [0.1, 0.15) is 5.65 Å². The van der Waals surface area contributed by atoms with E-state index in [9.17, 15) is 9.59 Å². The molecule has 0 bridgehead atoms. The molecule has 35 heavy (non-hydrogen) atoms. The fourth-order valence-corrected chi connectivity index (χ4v) is 5.16. The fraction of sp³-hybridized carbons (Fsp3) is 0.654. The molecule has 0 aromatic carbocycles. The Kier molecular flexibility index (Phi) is 9.16. The van der Waals surface area contributed by atoms with Crippen molar-refractivity contribution in [3.05, 3.63) is 29.0 Å². The van der Waals surface area contributed by atoms with Crippen LogP contribution in [0, 0.1) is 0 Å². The number of morpholine rings is 1. The van der Waals surface area contributed by atoms with Crippen LogP contribution >= 0.6 is 11.6 Å². The van der Waals surface area contributed by atoms with Gasteiger partial charge in [0.25, 0.3) is 0 Å². The number of pyridine rings is 1. The van der Waals surface area contributed by atoms with Crippen molar-refractivity contribution >= 4 is 34.3 Å². The number of fused-ring (bicyclic) bond motifs is 1. The molecule has 192 valence electrons. The Morgan fingerprint density at radius 1 is 1.26 bits per heavy atom. The maximum Gasteiger partial charge on any atom is 0.240 e. The third-order valence-corrected chi connectivity index (χ3v) is 7.34. The summed E-state index contributed by atoms with van der Waals surface area (Å²) in [6.07, 6.45) is 8.08. The van der Waals surface area contributed by atoms with Gasteiger partial charge in [-0.2, -0.15) is 0 Å². The summed E-state index contributed by atoms with van der Waals surface area (Å²) in [7, 11) is 0. The molecule has 0 spiro atoms. The summed E-state index contributed by atoms with van der Waals surface area (Å²) in [5, 5.41) is 4.94. The van der Waals surface area contributed by atoms with E-state index in [1.807, 2.05) is 6.07 Å². The van der Waals surface area contributed by atoms with Crippen LogP contribution < -0.4 is 5.32 Å². The summed E-state index contributed by atoms with van der Waals surface area (Å²) in [5.74, 6) is 0.192. The van der Waals surface area contributed by atoms with Crippen LogP contribution in [0.2, 0.25) is 5.02 Å². The van der Waals surface area contributed by atoms with Gasteiger partial charge >= 0.3 is 0 Å². The number of likely N-dealkylation sites (tertiary alicyclic amines) is 1. The van der Waals surface area contributed by atoms with Crippen LogP contribution in [0.1, 0.15) is 51.5 Å². The number of amides is 1. The Bertz CT molecular complexity index is 1000. The number of nitrogens with one attached hydrogen (secondary N) is 2. The Morgan fingerprint density at radius 2 is 2.06 bits per heavy atom. The van der Waals surface area contributed by atoms with Crippen molar-refractivity contribution in [2.24, 2.45) is 0 Å². The lowest BCUT2D eigenvalue weighted by Crippen LogP contribution is -2.60. The minimum atomic E-state index is -0.306. The summed E-state index contributed by atoms with van der Waals surface area (Å²) >= 11 is 6.20. The highest BCUT2D eigenvalue weighted by Crippen LogP contribution is 2.25. The zero-order chi connectivity index (χ0) is 24.8. The number of carbonyl (C=O) groups is 2. The maximum atomic E-state index is 13.4. The highest BCUT2D eigenvalue weighted by molar-refractivity contribution is 6.35. The lowest BCUT2D eigenvalue weighted by Gasteiger charge is -2.42. The van der Waals surface area contributed by atoms with Gasteiger partial charge in [-0.05, 0) is 43.9 Å². The van der Waals surface area contributed by atoms with Crippen molar-refractivity contribution in [2.75, 3.05) is 39.4 Å². The Balaban J connectivity index is 1.27. The van der Waals surface area contributed by atoms with Gasteiger partial charge in [-0.1, -0.05) is 31.9 Å². The van der Waals surface area contributed by atoms with Gasteiger partial charge < -0.3 is 19.9 Å². The molecule has 2 N–H and O–H groups in total. The predicted octanol–water partition coefficient (Wildman–Crippen LogP) is 3.19. The van der Waals surface area contributed by atoms with E-state index in [4.69, 9.17) is 16.3 Å². The van der Waals surface area contributed by atoms with Crippen molar-refractivity contribution in [3.63, 3.8) is 0 Å². The molecule has 0 saturated carbocycles. The standard InChI is InChI=1S/C26H38ClN5O3/c1-18(2)30-22(5-3-4-9-31-11-13-35-14-12-31)26(34)32-10-8-23(32)24(33)7-6-19-15-20-21(27)17-29-25(20)28-16-19/h15-18,22-23,30H,3-14H2,1-2H3,(H,28,29)/t22-,23+/m1/s1. The van der Waals surface area contributed by atoms with Crippen molar-refractivity contribution in [2.45, 2.75) is 70.5 Å². The van der Waals surface area contributed by atoms with Gasteiger partial charge in [0.05, 0.1) is 30.3 Å². The molecule has 4 rings (SSSR count). The van der Waals surface area contributed by atoms with E-state index in [1.54, 1.807) is 17.3 Å². The largest absolute Gasteiger partial charge is 0.379 e. The van der Waals surface area contributed by atoms with Crippen LogP contribution in [0.4, 0.5) is 0 Å². The highest BCUT2D eigenvalue weighted by atomic mass is 35.5. The normalized spacial score (nSPS) is 19.8. The number of halogens is 1. The molecule has 2 saturated heterocycles. The van der Waals surface area contributed by atoms with E-state index in [1.165, 1.54) is 0 Å². The smallest absolute Gasteiger partial charge is 0.240 e. The first-order valence-corrected chi connectivity index (χ1v) is 13.3. The monoisotopic (exact) mass is 503 g/mol. The second-order valence-electron chi connectivity index (χ2n) is 10.0. The molecule has 0 radical (unpaired) electrons. The van der Waals surface area contributed by atoms with E-state index in [-0.39, 0.29) is 29.8 Å². The number of nitrogens with zero attached hydrogens (tertiary/aromatic N) is 3. The van der Waals surface area contributed by atoms with Crippen LogP contribution in [0.3, 0.4) is 0 Å². The molecule has 2 atom stereocenters. The molecular formula is C26H38ClN5O3. The lowest BCUT2D eigenvalue weighted by molar-refractivity contribution is -0.148. The lowest BCUT2D eigenvalue weighted by atomic mass is 9.92. The third kappa shape index (κ3) is 6.82. The Labute approximate surface area is 212 Å². The van der Waals surface area contributed by atoms with E-state index >= 15 is 0 Å². The van der Waals surface area contributed by atoms with Crippen molar-refractivity contribution in [1.82, 2.24) is 25.1 Å². The number of ketones is 1. The Morgan fingerprint density at radius 3 is 2.77 bits per heavy atom. The van der Waals surface area contributed by atoms with Gasteiger partial charge in [0.15, 0.2) is 5.78 Å². The first-order chi connectivity index (χ1) is 16.9. The molecule has 2 aliphatic heterocycles. The van der Waals surface area contributed by atoms with E-state index in [0.717, 1.165) is 75.1 Å². The number of ether oxygens (including phenoxy) is 1. The number of H-pyrrole nitrogens is 1. The number of hydrogen-bond donors (Lipinski definition) is 2. The summed E-state index contributed by atoms with van der Waals surface area (Å²) in [6, 6.07) is 1.65. The van der Waals surface area contributed by atoms with E-state index in [0.29, 0.717) is 24.4 Å². The first kappa shape index (κ1) is 26.1. The van der Waals surface area contributed by atoms with Crippen molar-refractivity contribution in [3.8, 4) is 0 Å². The minimum absolute atomic E-state index is 0.0665. The number of hydrogen-bond acceptors (Lipinski definition) is 6.